The number of halogens is 4. The molecule has 1 aromatic carbocycles. The Hall–Kier alpha value is -2.60. The number of alkyl halides is 3. The van der Waals surface area contributed by atoms with E-state index in [9.17, 15) is 22.4 Å². The molecule has 0 radical (unpaired) electrons. The number of nitrogens with zero attached hydrogens (tertiary/aromatic N) is 4. The van der Waals surface area contributed by atoms with Crippen LogP contribution in [0, 0.1) is 23.6 Å². The highest BCUT2D eigenvalue weighted by atomic mass is 19.4. The Morgan fingerprint density at radius 2 is 2.06 bits per heavy atom. The molecule has 0 aliphatic carbocycles. The first-order valence-corrected chi connectivity index (χ1v) is 10.8. The maximum Gasteiger partial charge on any atom is 0.393 e. The molecule has 2 saturated heterocycles. The number of amidine groups is 1. The second-order valence-electron chi connectivity index (χ2n) is 8.74. The lowest BCUT2D eigenvalue weighted by Crippen LogP contribution is -2.63. The highest BCUT2D eigenvalue weighted by molar-refractivity contribution is 6.16. The summed E-state index contributed by atoms with van der Waals surface area (Å²) in [6, 6.07) is 5.19. The van der Waals surface area contributed by atoms with Crippen LogP contribution in [-0.4, -0.2) is 65.6 Å². The molecule has 3 atom stereocenters. The Morgan fingerprint density at radius 1 is 1.28 bits per heavy atom. The molecular weight excluding hydrogens is 424 g/mol. The molecule has 3 aliphatic heterocycles. The summed E-state index contributed by atoms with van der Waals surface area (Å²) < 4.78 is 54.1. The van der Waals surface area contributed by atoms with Crippen molar-refractivity contribution in [2.24, 2.45) is 10.9 Å². The van der Waals surface area contributed by atoms with Gasteiger partial charge in [0.05, 0.1) is 12.5 Å². The predicted molar refractivity (Wildman–Crippen MR) is 114 cm³/mol. The number of rotatable bonds is 2. The van der Waals surface area contributed by atoms with Gasteiger partial charge in [-0.2, -0.15) is 18.2 Å². The van der Waals surface area contributed by atoms with Gasteiger partial charge in [0, 0.05) is 31.4 Å². The summed E-state index contributed by atoms with van der Waals surface area (Å²) >= 11 is 0. The molecule has 9 heteroatoms. The number of hydrogen-bond acceptors (Lipinski definition) is 3. The van der Waals surface area contributed by atoms with E-state index in [1.54, 1.807) is 17.9 Å². The zero-order valence-electron chi connectivity index (χ0n) is 18.1. The Morgan fingerprint density at radius 3 is 2.69 bits per heavy atom. The molecule has 1 spiro atoms. The third-order valence-corrected chi connectivity index (χ3v) is 6.78. The zero-order chi connectivity index (χ0) is 23.1. The van der Waals surface area contributed by atoms with Crippen LogP contribution >= 0.6 is 0 Å². The second kappa shape index (κ2) is 8.39. The van der Waals surface area contributed by atoms with Gasteiger partial charge in [-0.15, -0.1) is 5.92 Å². The first kappa shape index (κ1) is 22.6. The summed E-state index contributed by atoms with van der Waals surface area (Å²) in [4.78, 5) is 22.7. The number of carbonyl (C=O) groups is 1. The van der Waals surface area contributed by atoms with Crippen molar-refractivity contribution >= 4 is 17.6 Å². The average molecular weight is 450 g/mol. The Labute approximate surface area is 185 Å². The van der Waals surface area contributed by atoms with Crippen LogP contribution in [0.1, 0.15) is 33.1 Å². The lowest BCUT2D eigenvalue weighted by atomic mass is 9.80. The first-order chi connectivity index (χ1) is 15.2. The van der Waals surface area contributed by atoms with E-state index in [0.717, 1.165) is 0 Å². The molecular formula is C23H26F4N4O. The van der Waals surface area contributed by atoms with E-state index in [2.05, 4.69) is 21.7 Å². The number of aliphatic imine (C=N–C) groups is 1. The highest BCUT2D eigenvalue weighted by Crippen LogP contribution is 2.44. The van der Waals surface area contributed by atoms with E-state index in [4.69, 9.17) is 0 Å². The molecule has 5 nitrogen and oxygen atoms in total. The molecule has 0 bridgehead atoms. The summed E-state index contributed by atoms with van der Waals surface area (Å²) in [6.07, 6.45) is -3.35. The molecule has 2 fully saturated rings. The lowest BCUT2D eigenvalue weighted by molar-refractivity contribution is -0.169. The van der Waals surface area contributed by atoms with Crippen LogP contribution in [-0.2, 0) is 0 Å². The van der Waals surface area contributed by atoms with Gasteiger partial charge in [0.15, 0.2) is 0 Å². The summed E-state index contributed by atoms with van der Waals surface area (Å²) in [5.41, 5.74) is -0.546. The van der Waals surface area contributed by atoms with Gasteiger partial charge in [-0.25, -0.2) is 9.18 Å². The Kier molecular flexibility index (Phi) is 5.93. The van der Waals surface area contributed by atoms with Crippen molar-refractivity contribution in [1.29, 1.82) is 0 Å². The van der Waals surface area contributed by atoms with Crippen LogP contribution in [0.25, 0.3) is 0 Å². The summed E-state index contributed by atoms with van der Waals surface area (Å²) in [6.45, 7) is 4.94. The third-order valence-electron chi connectivity index (χ3n) is 6.78. The fourth-order valence-corrected chi connectivity index (χ4v) is 5.18. The van der Waals surface area contributed by atoms with Crippen LogP contribution in [0.3, 0.4) is 0 Å². The molecule has 4 rings (SSSR count). The smallest absolute Gasteiger partial charge is 0.357 e. The van der Waals surface area contributed by atoms with Crippen molar-refractivity contribution in [3.05, 3.63) is 30.1 Å². The normalized spacial score (nSPS) is 28.8. The molecule has 2 amide bonds. The van der Waals surface area contributed by atoms with Gasteiger partial charge in [0.2, 0.25) is 0 Å². The number of amides is 2. The van der Waals surface area contributed by atoms with Crippen LogP contribution < -0.4 is 4.90 Å². The zero-order valence-corrected chi connectivity index (χ0v) is 18.1. The lowest BCUT2D eigenvalue weighted by Gasteiger charge is -2.49. The fourth-order valence-electron chi connectivity index (χ4n) is 5.18. The average Bonchev–Trinajstić information content (AvgIpc) is 3.31. The minimum Gasteiger partial charge on any atom is -0.357 e. The maximum atomic E-state index is 14.0. The van der Waals surface area contributed by atoms with E-state index in [1.165, 1.54) is 23.1 Å². The van der Waals surface area contributed by atoms with Crippen molar-refractivity contribution in [3.63, 3.8) is 0 Å². The number of carbonyl (C=O) groups excluding carboxylic acids is 1. The molecule has 0 N–H and O–H groups in total. The minimum absolute atomic E-state index is 0.0118. The molecule has 0 aromatic heterocycles. The Balaban J connectivity index is 1.70. The van der Waals surface area contributed by atoms with Gasteiger partial charge < -0.3 is 4.90 Å². The second-order valence-corrected chi connectivity index (χ2v) is 8.74. The van der Waals surface area contributed by atoms with E-state index in [1.807, 2.05) is 6.92 Å². The van der Waals surface area contributed by atoms with Gasteiger partial charge >= 0.3 is 12.2 Å². The monoisotopic (exact) mass is 450 g/mol. The van der Waals surface area contributed by atoms with Gasteiger partial charge in [0.25, 0.3) is 0 Å². The van der Waals surface area contributed by atoms with E-state index >= 15 is 0 Å². The highest BCUT2D eigenvalue weighted by Gasteiger charge is 2.56. The van der Waals surface area contributed by atoms with Crippen LogP contribution in [0.2, 0.25) is 0 Å². The summed E-state index contributed by atoms with van der Waals surface area (Å²) in [5.74, 6) is 4.39. The van der Waals surface area contributed by atoms with Crippen molar-refractivity contribution in [1.82, 2.24) is 9.80 Å². The third kappa shape index (κ3) is 3.96. The summed E-state index contributed by atoms with van der Waals surface area (Å²) in [7, 11) is 0. The minimum atomic E-state index is -4.29. The number of likely N-dealkylation sites (tertiary alicyclic amines) is 2. The van der Waals surface area contributed by atoms with E-state index in [-0.39, 0.29) is 25.6 Å². The van der Waals surface area contributed by atoms with Crippen molar-refractivity contribution in [2.45, 2.75) is 50.9 Å². The number of anilines is 1. The largest absolute Gasteiger partial charge is 0.393 e. The van der Waals surface area contributed by atoms with Gasteiger partial charge in [-0.1, -0.05) is 12.0 Å². The number of urea groups is 1. The van der Waals surface area contributed by atoms with Crippen LogP contribution in [0.5, 0.6) is 0 Å². The standard InChI is InChI=1S/C23H26F4N4O/c1-3-4-10-29-12-9-22(14-16(29)2)20(30-11-8-17(15-30)23(25,26)27)28-21(32)31(22)19-7-5-6-18(24)13-19/h5-7,13,16-17H,8-12,14-15H2,1-2H3/t16-,17?,22+/m0/s1. The topological polar surface area (TPSA) is 39.1 Å². The quantitative estimate of drug-likeness (QED) is 0.498. The molecule has 172 valence electrons. The van der Waals surface area contributed by atoms with Gasteiger partial charge in [-0.3, -0.25) is 9.80 Å². The predicted octanol–water partition coefficient (Wildman–Crippen LogP) is 4.29. The van der Waals surface area contributed by atoms with Gasteiger partial charge in [0.1, 0.15) is 17.2 Å². The molecule has 32 heavy (non-hydrogen) atoms. The molecule has 1 aromatic rings. The first-order valence-electron chi connectivity index (χ1n) is 10.8. The van der Waals surface area contributed by atoms with Crippen LogP contribution in [0.4, 0.5) is 28.0 Å². The number of hydrogen-bond donors (Lipinski definition) is 0. The van der Waals surface area contributed by atoms with Crippen molar-refractivity contribution in [3.8, 4) is 11.8 Å². The summed E-state index contributed by atoms with van der Waals surface area (Å²) in [5, 5.41) is 0. The Bertz CT molecular complexity index is 982. The van der Waals surface area contributed by atoms with E-state index < -0.39 is 29.5 Å². The number of benzene rings is 1. The molecule has 3 heterocycles. The maximum absolute atomic E-state index is 14.0. The van der Waals surface area contributed by atoms with E-state index in [0.29, 0.717) is 37.5 Å². The molecule has 3 aliphatic rings. The van der Waals surface area contributed by atoms with Crippen molar-refractivity contribution < 1.29 is 22.4 Å². The van der Waals surface area contributed by atoms with Gasteiger partial charge in [-0.05, 0) is 51.3 Å². The van der Waals surface area contributed by atoms with Crippen molar-refractivity contribution in [2.75, 3.05) is 31.1 Å². The SMILES string of the molecule is CC#CCN1CC[C@@]2(C[C@@H]1C)C(N1CCC(C(F)(F)F)C1)=NC(=O)N2c1cccc(F)c1. The number of piperidine rings is 1. The molecule has 0 saturated carbocycles. The fraction of sp³-hybridized carbons (Fsp3) is 0.565. The molecule has 1 unspecified atom stereocenters. The van der Waals surface area contributed by atoms with Crippen LogP contribution in [0.15, 0.2) is 29.3 Å².